The average Bonchev–Trinajstić information content (AvgIpc) is 3.18. The molecule has 0 spiro atoms. The zero-order chi connectivity index (χ0) is 40.1. The van der Waals surface area contributed by atoms with Crippen LogP contribution in [-0.2, 0) is 27.9 Å². The van der Waals surface area contributed by atoms with Crippen molar-refractivity contribution in [2.45, 2.75) is 277 Å². The maximum absolute atomic E-state index is 12.8. The lowest BCUT2D eigenvalue weighted by Gasteiger charge is -2.18. The molecule has 0 saturated carbocycles. The molecule has 0 aromatic heterocycles. The Bertz CT molecular complexity index is 811. The van der Waals surface area contributed by atoms with Crippen molar-refractivity contribution in [1.29, 1.82) is 5.26 Å². The number of rotatable bonds is 45. The molecule has 324 valence electrons. The van der Waals surface area contributed by atoms with Crippen LogP contribution in [0.15, 0.2) is 0 Å². The van der Waals surface area contributed by atoms with Crippen LogP contribution in [0, 0.1) is 10.7 Å². The SMILES string of the molecule is CCCCCCCCCCCCCCCCCC(=O)O[SiH](OOC(CCCCCCCC)SC#N)OC(=O)CCCCCCCCCCCCCCCCC. The van der Waals surface area contributed by atoms with Gasteiger partial charge in [-0.25, -0.2) is 9.46 Å². The molecule has 1 unspecified atom stereocenters. The largest absolute Gasteiger partial charge is 0.647 e. The lowest BCUT2D eigenvalue weighted by atomic mass is 10.0. The molecular formula is C46H89NO6SSi. The molecule has 55 heavy (non-hydrogen) atoms. The molecule has 0 amide bonds. The molecule has 0 fully saturated rings. The van der Waals surface area contributed by atoms with E-state index < -0.39 is 26.9 Å². The van der Waals surface area contributed by atoms with Crippen LogP contribution in [0.25, 0.3) is 0 Å². The Hall–Kier alpha value is -1.08. The molecule has 0 aliphatic carbocycles. The third-order valence-corrected chi connectivity index (χ3v) is 12.5. The Labute approximate surface area is 347 Å². The highest BCUT2D eigenvalue weighted by Gasteiger charge is 2.28. The summed E-state index contributed by atoms with van der Waals surface area (Å²) in [5.74, 6) is -0.815. The van der Waals surface area contributed by atoms with Crippen LogP contribution in [0.3, 0.4) is 0 Å². The molecule has 0 aliphatic rings. The number of carbonyl (C=O) groups excluding carboxylic acids is 2. The van der Waals surface area contributed by atoms with Gasteiger partial charge in [-0.05, 0) is 37.4 Å². The first-order valence-electron chi connectivity index (χ1n) is 23.8. The van der Waals surface area contributed by atoms with E-state index in [2.05, 4.69) is 26.2 Å². The molecular weight excluding hydrogens is 723 g/mol. The molecule has 0 aromatic carbocycles. The first-order chi connectivity index (χ1) is 27.1. The van der Waals surface area contributed by atoms with Crippen molar-refractivity contribution >= 4 is 33.2 Å². The van der Waals surface area contributed by atoms with Crippen molar-refractivity contribution in [2.24, 2.45) is 0 Å². The van der Waals surface area contributed by atoms with Crippen LogP contribution in [0.5, 0.6) is 0 Å². The first kappa shape index (κ1) is 53.9. The van der Waals surface area contributed by atoms with Crippen LogP contribution in [-0.4, -0.2) is 26.9 Å². The monoisotopic (exact) mass is 812 g/mol. The molecule has 7 nitrogen and oxygen atoms in total. The van der Waals surface area contributed by atoms with E-state index in [1.807, 2.05) is 0 Å². The third kappa shape index (κ3) is 42.3. The summed E-state index contributed by atoms with van der Waals surface area (Å²) in [5.41, 5.74) is -0.519. The summed E-state index contributed by atoms with van der Waals surface area (Å²) in [5, 5.41) is 11.4. The van der Waals surface area contributed by atoms with Gasteiger partial charge in [0.05, 0.1) is 0 Å². The normalized spacial score (nSPS) is 11.9. The van der Waals surface area contributed by atoms with Gasteiger partial charge in [0.15, 0.2) is 5.44 Å². The van der Waals surface area contributed by atoms with Gasteiger partial charge in [0.1, 0.15) is 5.40 Å². The molecule has 9 heteroatoms. The Morgan fingerprint density at radius 1 is 0.455 bits per heavy atom. The number of carbonyl (C=O) groups is 2. The lowest BCUT2D eigenvalue weighted by molar-refractivity contribution is -0.250. The number of nitriles is 1. The van der Waals surface area contributed by atoms with E-state index in [-0.39, 0.29) is 12.8 Å². The summed E-state index contributed by atoms with van der Waals surface area (Å²) in [6.07, 6.45) is 45.9. The number of nitrogens with zero attached hydrogens (tertiary/aromatic N) is 1. The number of thiocyanates is 1. The maximum atomic E-state index is 12.8. The lowest BCUT2D eigenvalue weighted by Crippen LogP contribution is -2.34. The van der Waals surface area contributed by atoms with Crippen LogP contribution >= 0.6 is 11.8 Å². The maximum Gasteiger partial charge on any atom is 0.647 e. The van der Waals surface area contributed by atoms with Gasteiger partial charge in [-0.3, -0.25) is 9.59 Å². The van der Waals surface area contributed by atoms with E-state index in [0.29, 0.717) is 6.42 Å². The minimum Gasteiger partial charge on any atom is -0.465 e. The molecule has 0 saturated heterocycles. The van der Waals surface area contributed by atoms with Gasteiger partial charge in [-0.1, -0.05) is 233 Å². The van der Waals surface area contributed by atoms with Gasteiger partial charge in [0.25, 0.3) is 11.9 Å². The highest BCUT2D eigenvalue weighted by Crippen LogP contribution is 2.21. The Morgan fingerprint density at radius 3 is 1.02 bits per heavy atom. The second kappa shape index (κ2) is 45.6. The van der Waals surface area contributed by atoms with Gasteiger partial charge in [-0.2, -0.15) is 5.26 Å². The van der Waals surface area contributed by atoms with Crippen molar-refractivity contribution in [3.8, 4) is 5.40 Å². The number of thioether (sulfide) groups is 1. The third-order valence-electron chi connectivity index (χ3n) is 10.6. The number of hydrogen-bond acceptors (Lipinski definition) is 8. The van der Waals surface area contributed by atoms with E-state index >= 15 is 0 Å². The van der Waals surface area contributed by atoms with Crippen molar-refractivity contribution in [3.63, 3.8) is 0 Å². The van der Waals surface area contributed by atoms with Gasteiger partial charge in [0.2, 0.25) is 0 Å². The van der Waals surface area contributed by atoms with Crippen LogP contribution in [0.4, 0.5) is 0 Å². The highest BCUT2D eigenvalue weighted by molar-refractivity contribution is 8.04. The summed E-state index contributed by atoms with van der Waals surface area (Å²) in [6, 6.07) is 0. The molecule has 0 N–H and O–H groups in total. The van der Waals surface area contributed by atoms with Crippen LogP contribution in [0.1, 0.15) is 271 Å². The molecule has 0 bridgehead atoms. The van der Waals surface area contributed by atoms with E-state index in [0.717, 1.165) is 69.5 Å². The average molecular weight is 812 g/mol. The van der Waals surface area contributed by atoms with Crippen molar-refractivity contribution in [2.75, 3.05) is 0 Å². The summed E-state index contributed by atoms with van der Waals surface area (Å²) < 4.78 is 16.7. The molecule has 0 radical (unpaired) electrons. The predicted molar refractivity (Wildman–Crippen MR) is 236 cm³/mol. The van der Waals surface area contributed by atoms with Crippen molar-refractivity contribution in [1.82, 2.24) is 0 Å². The Balaban J connectivity index is 4.40. The fourth-order valence-corrected chi connectivity index (χ4v) is 8.65. The molecule has 0 aliphatic heterocycles. The Kier molecular flexibility index (Phi) is 44.7. The minimum atomic E-state index is -3.22. The van der Waals surface area contributed by atoms with Crippen LogP contribution < -0.4 is 0 Å². The number of unbranched alkanes of at least 4 members (excludes halogenated alkanes) is 33. The van der Waals surface area contributed by atoms with Gasteiger partial charge < -0.3 is 8.85 Å². The second-order valence-electron chi connectivity index (χ2n) is 16.1. The molecule has 0 heterocycles. The smallest absolute Gasteiger partial charge is 0.465 e. The minimum absolute atomic E-state index is 0.274. The predicted octanol–water partition coefficient (Wildman–Crippen LogP) is 15.6. The fourth-order valence-electron chi connectivity index (χ4n) is 7.06. The van der Waals surface area contributed by atoms with Crippen molar-refractivity contribution < 1.29 is 27.9 Å². The van der Waals surface area contributed by atoms with E-state index in [1.165, 1.54) is 173 Å². The second-order valence-corrected chi connectivity index (χ2v) is 18.2. The summed E-state index contributed by atoms with van der Waals surface area (Å²) in [7, 11) is -3.22. The van der Waals surface area contributed by atoms with E-state index in [1.54, 1.807) is 0 Å². The number of hydrogen-bond donors (Lipinski definition) is 0. The van der Waals surface area contributed by atoms with Crippen LogP contribution in [0.2, 0.25) is 0 Å². The molecule has 1 atom stereocenters. The van der Waals surface area contributed by atoms with Gasteiger partial charge in [0, 0.05) is 12.8 Å². The fraction of sp³-hybridized carbons (Fsp3) is 0.935. The first-order valence-corrected chi connectivity index (χ1v) is 26.1. The molecule has 0 aromatic rings. The zero-order valence-corrected chi connectivity index (χ0v) is 38.5. The summed E-state index contributed by atoms with van der Waals surface area (Å²) in [4.78, 5) is 31.1. The van der Waals surface area contributed by atoms with Crippen molar-refractivity contribution in [3.05, 3.63) is 0 Å². The van der Waals surface area contributed by atoms with E-state index in [4.69, 9.17) is 18.3 Å². The topological polar surface area (TPSA) is 94.9 Å². The van der Waals surface area contributed by atoms with Gasteiger partial charge >= 0.3 is 9.53 Å². The standard InChI is InChI=1S/C46H89NO6SSi/c1-4-7-10-13-16-18-20-22-24-26-28-30-32-34-37-40-44(48)51-55(53-50-46(54-43-47)42-39-36-15-12-9-6-3)52-45(49)41-38-35-33-31-29-27-25-23-21-19-17-14-11-8-5-2/h46,55H,4-42H2,1-3H3. The summed E-state index contributed by atoms with van der Waals surface area (Å²) >= 11 is 0.989. The quantitative estimate of drug-likeness (QED) is 0.0150. The zero-order valence-electron chi connectivity index (χ0n) is 36.5. The summed E-state index contributed by atoms with van der Waals surface area (Å²) in [6.45, 7) is 6.74. The van der Waals surface area contributed by atoms with E-state index in [9.17, 15) is 14.9 Å². The van der Waals surface area contributed by atoms with Gasteiger partial charge in [-0.15, -0.1) is 0 Å². The Morgan fingerprint density at radius 2 is 0.727 bits per heavy atom. The highest BCUT2D eigenvalue weighted by atomic mass is 32.2. The molecule has 0 rings (SSSR count).